The molecule has 1 atom stereocenters. The number of guanidine groups is 1. The second-order valence-corrected chi connectivity index (χ2v) is 7.07. The number of rotatable bonds is 9. The molecule has 0 aliphatic rings. The van der Waals surface area contributed by atoms with Gasteiger partial charge in [0.15, 0.2) is 11.7 Å². The third kappa shape index (κ3) is 7.58. The van der Waals surface area contributed by atoms with Gasteiger partial charge in [0.25, 0.3) is 0 Å². The van der Waals surface area contributed by atoms with Crippen LogP contribution in [0.4, 0.5) is 4.39 Å². The molecule has 2 rings (SSSR count). The van der Waals surface area contributed by atoms with Crippen molar-refractivity contribution in [2.45, 2.75) is 45.2 Å². The first-order chi connectivity index (χ1) is 13.5. The fourth-order valence-corrected chi connectivity index (χ4v) is 3.18. The second kappa shape index (κ2) is 12.8. The lowest BCUT2D eigenvalue weighted by atomic mass is 9.99. The van der Waals surface area contributed by atoms with Gasteiger partial charge in [0.05, 0.1) is 18.3 Å². The Morgan fingerprint density at radius 1 is 1.17 bits per heavy atom. The molecule has 0 fully saturated rings. The van der Waals surface area contributed by atoms with Gasteiger partial charge in [0, 0.05) is 25.6 Å². The molecule has 2 aromatic rings. The van der Waals surface area contributed by atoms with Crippen molar-refractivity contribution in [1.29, 1.82) is 0 Å². The number of benzene rings is 1. The Labute approximate surface area is 190 Å². The number of aliphatic imine (C=N–C) groups is 1. The second-order valence-electron chi connectivity index (χ2n) is 7.07. The zero-order valence-electron chi connectivity index (χ0n) is 17.9. The molecule has 1 heterocycles. The van der Waals surface area contributed by atoms with Crippen molar-refractivity contribution in [3.05, 3.63) is 53.2 Å². The van der Waals surface area contributed by atoms with E-state index in [-0.39, 0.29) is 35.8 Å². The monoisotopic (exact) mass is 517 g/mol. The molecular formula is C21H33FIN5O. The average molecular weight is 517 g/mol. The SMILES string of the molecule is CCC(CC)c1cc(CNC(=NC)NCC(c2ccc(F)cc2)N(C)C)on1.I. The minimum atomic E-state index is -0.230. The fraction of sp³-hybridized carbons (Fsp3) is 0.524. The van der Waals surface area contributed by atoms with Gasteiger partial charge in [-0.2, -0.15) is 0 Å². The van der Waals surface area contributed by atoms with Crippen LogP contribution in [0.25, 0.3) is 0 Å². The van der Waals surface area contributed by atoms with Crippen LogP contribution in [0, 0.1) is 5.82 Å². The van der Waals surface area contributed by atoms with E-state index in [9.17, 15) is 4.39 Å². The molecule has 1 unspecified atom stereocenters. The standard InChI is InChI=1S/C21H32FN5O.HI/c1-6-15(7-2)19-12-18(28-26-19)13-24-21(23-3)25-14-20(27(4)5)16-8-10-17(22)11-9-16;/h8-12,15,20H,6-7,13-14H2,1-5H3,(H2,23,24,25);1H. The van der Waals surface area contributed by atoms with Gasteiger partial charge in [-0.15, -0.1) is 24.0 Å². The summed E-state index contributed by atoms with van der Waals surface area (Å²) < 4.78 is 18.7. The van der Waals surface area contributed by atoms with Gasteiger partial charge >= 0.3 is 0 Å². The third-order valence-corrected chi connectivity index (χ3v) is 4.98. The molecule has 0 aliphatic carbocycles. The smallest absolute Gasteiger partial charge is 0.191 e. The number of likely N-dealkylation sites (N-methyl/N-ethyl adjacent to an activating group) is 1. The summed E-state index contributed by atoms with van der Waals surface area (Å²) >= 11 is 0. The fourth-order valence-electron chi connectivity index (χ4n) is 3.18. The maximum absolute atomic E-state index is 13.2. The molecule has 8 heteroatoms. The molecule has 0 amide bonds. The molecule has 0 spiro atoms. The normalized spacial score (nSPS) is 12.8. The Hall–Kier alpha value is -1.68. The number of nitrogens with zero attached hydrogens (tertiary/aromatic N) is 3. The highest BCUT2D eigenvalue weighted by atomic mass is 127. The van der Waals surface area contributed by atoms with Gasteiger partial charge in [0.2, 0.25) is 0 Å². The van der Waals surface area contributed by atoms with Crippen molar-refractivity contribution in [1.82, 2.24) is 20.7 Å². The summed E-state index contributed by atoms with van der Waals surface area (Å²) in [5.74, 6) is 1.67. The summed E-state index contributed by atoms with van der Waals surface area (Å²) in [7, 11) is 5.73. The molecule has 0 saturated heterocycles. The molecule has 0 aliphatic heterocycles. The zero-order chi connectivity index (χ0) is 20.5. The minimum Gasteiger partial charge on any atom is -0.359 e. The molecule has 1 aromatic heterocycles. The Kier molecular flexibility index (Phi) is 11.2. The van der Waals surface area contributed by atoms with Gasteiger partial charge in [-0.05, 0) is 44.6 Å². The van der Waals surface area contributed by atoms with Crippen LogP contribution in [-0.2, 0) is 6.54 Å². The van der Waals surface area contributed by atoms with Gasteiger partial charge in [0.1, 0.15) is 5.82 Å². The Balaban J connectivity index is 0.00000420. The summed E-state index contributed by atoms with van der Waals surface area (Å²) in [6.45, 7) is 5.47. The number of hydrogen-bond donors (Lipinski definition) is 2. The van der Waals surface area contributed by atoms with Crippen molar-refractivity contribution >= 4 is 29.9 Å². The third-order valence-electron chi connectivity index (χ3n) is 4.98. The number of nitrogens with one attached hydrogen (secondary N) is 2. The van der Waals surface area contributed by atoms with Crippen LogP contribution < -0.4 is 10.6 Å². The van der Waals surface area contributed by atoms with E-state index in [0.29, 0.717) is 25.0 Å². The highest BCUT2D eigenvalue weighted by Gasteiger charge is 2.16. The first-order valence-corrected chi connectivity index (χ1v) is 9.80. The number of halogens is 2. The highest BCUT2D eigenvalue weighted by Crippen LogP contribution is 2.22. The van der Waals surface area contributed by atoms with Crippen LogP contribution >= 0.6 is 24.0 Å². The van der Waals surface area contributed by atoms with E-state index in [1.807, 2.05) is 32.3 Å². The molecule has 162 valence electrons. The maximum atomic E-state index is 13.2. The Morgan fingerprint density at radius 2 is 1.83 bits per heavy atom. The van der Waals surface area contributed by atoms with E-state index < -0.39 is 0 Å². The highest BCUT2D eigenvalue weighted by molar-refractivity contribution is 14.0. The predicted octanol–water partition coefficient (Wildman–Crippen LogP) is 4.30. The topological polar surface area (TPSA) is 65.7 Å². The quantitative estimate of drug-likeness (QED) is 0.295. The summed E-state index contributed by atoms with van der Waals surface area (Å²) in [6, 6.07) is 8.70. The Bertz CT molecular complexity index is 744. The van der Waals surface area contributed by atoms with E-state index in [2.05, 4.69) is 39.5 Å². The predicted molar refractivity (Wildman–Crippen MR) is 126 cm³/mol. The molecule has 2 N–H and O–H groups in total. The summed E-state index contributed by atoms with van der Waals surface area (Å²) in [5.41, 5.74) is 2.05. The lowest BCUT2D eigenvalue weighted by molar-refractivity contribution is 0.297. The van der Waals surface area contributed by atoms with Crippen molar-refractivity contribution in [3.8, 4) is 0 Å². The van der Waals surface area contributed by atoms with E-state index in [4.69, 9.17) is 4.52 Å². The van der Waals surface area contributed by atoms with Crippen LogP contribution in [0.2, 0.25) is 0 Å². The van der Waals surface area contributed by atoms with Crippen LogP contribution in [-0.4, -0.2) is 43.7 Å². The van der Waals surface area contributed by atoms with E-state index in [0.717, 1.165) is 29.9 Å². The molecule has 0 saturated carbocycles. The maximum Gasteiger partial charge on any atom is 0.191 e. The summed E-state index contributed by atoms with van der Waals surface area (Å²) in [5, 5.41) is 10.8. The van der Waals surface area contributed by atoms with E-state index >= 15 is 0 Å². The van der Waals surface area contributed by atoms with E-state index in [1.165, 1.54) is 12.1 Å². The number of aromatic nitrogens is 1. The number of hydrogen-bond acceptors (Lipinski definition) is 4. The van der Waals surface area contributed by atoms with Crippen LogP contribution in [0.3, 0.4) is 0 Å². The molecular weight excluding hydrogens is 484 g/mol. The summed E-state index contributed by atoms with van der Waals surface area (Å²) in [4.78, 5) is 6.36. The van der Waals surface area contributed by atoms with Crippen molar-refractivity contribution < 1.29 is 8.91 Å². The first kappa shape index (κ1) is 25.4. The van der Waals surface area contributed by atoms with Gasteiger partial charge in [-0.25, -0.2) is 4.39 Å². The molecule has 0 bridgehead atoms. The van der Waals surface area contributed by atoms with Gasteiger partial charge in [-0.1, -0.05) is 31.1 Å². The van der Waals surface area contributed by atoms with Gasteiger partial charge < -0.3 is 20.1 Å². The molecule has 6 nitrogen and oxygen atoms in total. The van der Waals surface area contributed by atoms with Crippen molar-refractivity contribution in [3.63, 3.8) is 0 Å². The largest absolute Gasteiger partial charge is 0.359 e. The average Bonchev–Trinajstić information content (AvgIpc) is 3.15. The minimum absolute atomic E-state index is 0. The molecule has 0 radical (unpaired) electrons. The van der Waals surface area contributed by atoms with Gasteiger partial charge in [-0.3, -0.25) is 4.99 Å². The van der Waals surface area contributed by atoms with Crippen molar-refractivity contribution in [2.75, 3.05) is 27.7 Å². The zero-order valence-corrected chi connectivity index (χ0v) is 20.2. The first-order valence-electron chi connectivity index (χ1n) is 9.80. The van der Waals surface area contributed by atoms with Crippen LogP contribution in [0.15, 0.2) is 39.8 Å². The lowest BCUT2D eigenvalue weighted by Gasteiger charge is -2.26. The van der Waals surface area contributed by atoms with E-state index in [1.54, 1.807) is 7.05 Å². The summed E-state index contributed by atoms with van der Waals surface area (Å²) in [6.07, 6.45) is 2.10. The molecule has 29 heavy (non-hydrogen) atoms. The van der Waals surface area contributed by atoms with Crippen molar-refractivity contribution in [2.24, 2.45) is 4.99 Å². The van der Waals surface area contributed by atoms with Crippen LogP contribution in [0.1, 0.15) is 55.7 Å². The molecule has 1 aromatic carbocycles. The van der Waals surface area contributed by atoms with Crippen LogP contribution in [0.5, 0.6) is 0 Å². The Morgan fingerprint density at radius 3 is 2.38 bits per heavy atom. The lowest BCUT2D eigenvalue weighted by Crippen LogP contribution is -2.41.